The maximum atomic E-state index is 12.3. The quantitative estimate of drug-likeness (QED) is 0.842. The Morgan fingerprint density at radius 2 is 1.75 bits per heavy atom. The second-order valence-electron chi connectivity index (χ2n) is 5.03. The highest BCUT2D eigenvalue weighted by atomic mass is 35.5. The van der Waals surface area contributed by atoms with Gasteiger partial charge in [-0.1, -0.05) is 29.3 Å². The van der Waals surface area contributed by atoms with Crippen LogP contribution in [0.3, 0.4) is 0 Å². The van der Waals surface area contributed by atoms with Crippen LogP contribution in [-0.2, 0) is 10.0 Å². The molecule has 0 aliphatic carbocycles. The van der Waals surface area contributed by atoms with Crippen molar-refractivity contribution in [2.45, 2.75) is 6.92 Å². The molecule has 0 aliphatic rings. The molecule has 0 fully saturated rings. The summed E-state index contributed by atoms with van der Waals surface area (Å²) in [5.41, 5.74) is 1.28. The third-order valence-corrected chi connectivity index (χ3v) is 5.39. The van der Waals surface area contributed by atoms with Crippen molar-refractivity contribution in [3.05, 3.63) is 58.1 Å². The lowest BCUT2D eigenvalue weighted by Crippen LogP contribution is -2.29. The van der Waals surface area contributed by atoms with E-state index in [1.54, 1.807) is 49.4 Å². The molecule has 24 heavy (non-hydrogen) atoms. The third-order valence-electron chi connectivity index (χ3n) is 3.30. The number of hydrogen-bond acceptors (Lipinski definition) is 3. The highest BCUT2D eigenvalue weighted by molar-refractivity contribution is 7.92. The molecule has 0 unspecified atom stereocenters. The molecule has 1 amide bonds. The second kappa shape index (κ2) is 7.42. The fourth-order valence-electron chi connectivity index (χ4n) is 2.18. The van der Waals surface area contributed by atoms with Gasteiger partial charge in [-0.15, -0.1) is 0 Å². The highest BCUT2D eigenvalue weighted by Gasteiger charge is 2.16. The predicted molar refractivity (Wildman–Crippen MR) is 98.7 cm³/mol. The summed E-state index contributed by atoms with van der Waals surface area (Å²) in [5.74, 6) is -0.367. The number of benzene rings is 2. The molecule has 2 aromatic carbocycles. The van der Waals surface area contributed by atoms with Gasteiger partial charge in [0.25, 0.3) is 5.91 Å². The summed E-state index contributed by atoms with van der Waals surface area (Å²) in [6.45, 7) is 2.05. The molecule has 5 nitrogen and oxygen atoms in total. The normalized spacial score (nSPS) is 11.2. The Hall–Kier alpha value is -1.76. The van der Waals surface area contributed by atoms with Crippen LogP contribution >= 0.6 is 23.2 Å². The van der Waals surface area contributed by atoms with E-state index in [1.165, 1.54) is 4.31 Å². The summed E-state index contributed by atoms with van der Waals surface area (Å²) in [4.78, 5) is 12.3. The van der Waals surface area contributed by atoms with Gasteiger partial charge in [-0.25, -0.2) is 8.42 Å². The van der Waals surface area contributed by atoms with Crippen LogP contribution < -0.4 is 9.62 Å². The third kappa shape index (κ3) is 4.20. The lowest BCUT2D eigenvalue weighted by atomic mass is 10.2. The molecule has 0 heterocycles. The Bertz CT molecular complexity index is 852. The summed E-state index contributed by atoms with van der Waals surface area (Å²) < 4.78 is 24.7. The first-order chi connectivity index (χ1) is 11.2. The lowest BCUT2D eigenvalue weighted by molar-refractivity contribution is 0.102. The number of rotatable bonds is 5. The SMILES string of the molecule is CCN(c1ccc(C(=O)Nc2cccc(Cl)c2Cl)cc1)S(C)(=O)=O. The molecule has 2 rings (SSSR count). The maximum absolute atomic E-state index is 12.3. The molecule has 128 valence electrons. The molecule has 0 spiro atoms. The number of nitrogens with zero attached hydrogens (tertiary/aromatic N) is 1. The van der Waals surface area contributed by atoms with Crippen LogP contribution in [-0.4, -0.2) is 27.1 Å². The summed E-state index contributed by atoms with van der Waals surface area (Å²) in [7, 11) is -3.36. The summed E-state index contributed by atoms with van der Waals surface area (Å²) in [6, 6.07) is 11.2. The Morgan fingerprint density at radius 3 is 2.29 bits per heavy atom. The van der Waals surface area contributed by atoms with Crippen molar-refractivity contribution >= 4 is 50.5 Å². The first kappa shape index (κ1) is 18.6. The van der Waals surface area contributed by atoms with Crippen molar-refractivity contribution in [2.75, 3.05) is 22.4 Å². The predicted octanol–water partition coefficient (Wildman–Crippen LogP) is 4.03. The van der Waals surface area contributed by atoms with Crippen molar-refractivity contribution in [1.82, 2.24) is 0 Å². The van der Waals surface area contributed by atoms with Crippen molar-refractivity contribution < 1.29 is 13.2 Å². The number of anilines is 2. The van der Waals surface area contributed by atoms with Gasteiger partial charge in [0.05, 0.1) is 27.7 Å². The fraction of sp³-hybridized carbons (Fsp3) is 0.188. The minimum Gasteiger partial charge on any atom is -0.321 e. The van der Waals surface area contributed by atoms with E-state index in [0.717, 1.165) is 6.26 Å². The van der Waals surface area contributed by atoms with Crippen LogP contribution in [0.1, 0.15) is 17.3 Å². The Labute approximate surface area is 151 Å². The van der Waals surface area contributed by atoms with Gasteiger partial charge in [-0.2, -0.15) is 0 Å². The van der Waals surface area contributed by atoms with Crippen molar-refractivity contribution in [3.8, 4) is 0 Å². The number of halogens is 2. The summed E-state index contributed by atoms with van der Waals surface area (Å²) in [5, 5.41) is 3.28. The minimum atomic E-state index is -3.36. The average Bonchev–Trinajstić information content (AvgIpc) is 2.52. The van der Waals surface area contributed by atoms with Crippen molar-refractivity contribution in [2.24, 2.45) is 0 Å². The van der Waals surface area contributed by atoms with Crippen LogP contribution in [0.5, 0.6) is 0 Å². The molecule has 8 heteroatoms. The number of amides is 1. The van der Waals surface area contributed by atoms with Crippen LogP contribution in [0, 0.1) is 0 Å². The van der Waals surface area contributed by atoms with E-state index in [-0.39, 0.29) is 10.9 Å². The minimum absolute atomic E-state index is 0.262. The van der Waals surface area contributed by atoms with Crippen LogP contribution in [0.25, 0.3) is 0 Å². The molecule has 0 saturated carbocycles. The zero-order chi connectivity index (χ0) is 17.9. The van der Waals surface area contributed by atoms with Crippen LogP contribution in [0.15, 0.2) is 42.5 Å². The Morgan fingerprint density at radius 1 is 1.12 bits per heavy atom. The molecule has 0 radical (unpaired) electrons. The smallest absolute Gasteiger partial charge is 0.255 e. The molecular weight excluding hydrogens is 371 g/mol. The molecule has 2 aromatic rings. The van der Waals surface area contributed by atoms with E-state index < -0.39 is 10.0 Å². The number of carbonyl (C=O) groups excluding carboxylic acids is 1. The first-order valence-electron chi connectivity index (χ1n) is 7.07. The number of sulfonamides is 1. The zero-order valence-corrected chi connectivity index (χ0v) is 15.4. The number of nitrogens with one attached hydrogen (secondary N) is 1. The van der Waals surface area contributed by atoms with Crippen molar-refractivity contribution in [3.63, 3.8) is 0 Å². The largest absolute Gasteiger partial charge is 0.321 e. The summed E-state index contributed by atoms with van der Waals surface area (Å²) >= 11 is 12.0. The standard InChI is InChI=1S/C16H16Cl2N2O3S/c1-3-20(24(2,22)23)12-9-7-11(8-10-12)16(21)19-14-6-4-5-13(17)15(14)18/h4-10H,3H2,1-2H3,(H,19,21). The zero-order valence-electron chi connectivity index (χ0n) is 13.1. The Kier molecular flexibility index (Phi) is 5.74. The number of hydrogen-bond donors (Lipinski definition) is 1. The fourth-order valence-corrected chi connectivity index (χ4v) is 3.50. The maximum Gasteiger partial charge on any atom is 0.255 e. The topological polar surface area (TPSA) is 66.5 Å². The van der Waals surface area contributed by atoms with E-state index in [0.29, 0.717) is 28.5 Å². The molecular formula is C16H16Cl2N2O3S. The van der Waals surface area contributed by atoms with Gasteiger partial charge in [-0.3, -0.25) is 9.10 Å². The van der Waals surface area contributed by atoms with Crippen LogP contribution in [0.4, 0.5) is 11.4 Å². The molecule has 0 bridgehead atoms. The molecule has 0 aromatic heterocycles. The van der Waals surface area contributed by atoms with Gasteiger partial charge >= 0.3 is 0 Å². The van der Waals surface area contributed by atoms with E-state index in [1.807, 2.05) is 0 Å². The van der Waals surface area contributed by atoms with Crippen molar-refractivity contribution in [1.29, 1.82) is 0 Å². The molecule has 1 N–H and O–H groups in total. The molecule has 0 aliphatic heterocycles. The second-order valence-corrected chi connectivity index (χ2v) is 7.72. The summed E-state index contributed by atoms with van der Waals surface area (Å²) in [6.07, 6.45) is 1.14. The van der Waals surface area contributed by atoms with Gasteiger partial charge in [0, 0.05) is 12.1 Å². The van der Waals surface area contributed by atoms with E-state index in [4.69, 9.17) is 23.2 Å². The first-order valence-corrected chi connectivity index (χ1v) is 9.67. The van der Waals surface area contributed by atoms with Crippen LogP contribution in [0.2, 0.25) is 10.0 Å². The van der Waals surface area contributed by atoms with Gasteiger partial charge in [0.15, 0.2) is 0 Å². The molecule has 0 saturated heterocycles. The molecule has 0 atom stereocenters. The van der Waals surface area contributed by atoms with E-state index >= 15 is 0 Å². The average molecular weight is 387 g/mol. The Balaban J connectivity index is 2.21. The number of carbonyl (C=O) groups is 1. The van der Waals surface area contributed by atoms with E-state index in [2.05, 4.69) is 5.32 Å². The monoisotopic (exact) mass is 386 g/mol. The van der Waals surface area contributed by atoms with Gasteiger partial charge in [0.2, 0.25) is 10.0 Å². The lowest BCUT2D eigenvalue weighted by Gasteiger charge is -2.20. The highest BCUT2D eigenvalue weighted by Crippen LogP contribution is 2.30. The van der Waals surface area contributed by atoms with Gasteiger partial charge < -0.3 is 5.32 Å². The van der Waals surface area contributed by atoms with Gasteiger partial charge in [-0.05, 0) is 43.3 Å². The van der Waals surface area contributed by atoms with Gasteiger partial charge in [0.1, 0.15) is 0 Å². The van der Waals surface area contributed by atoms with E-state index in [9.17, 15) is 13.2 Å².